The van der Waals surface area contributed by atoms with Crippen LogP contribution in [0.15, 0.2) is 55.1 Å². The number of anilines is 1. The maximum atomic E-state index is 8.99. The average molecular weight is 405 g/mol. The first-order valence-electron chi connectivity index (χ1n) is 7.49. The van der Waals surface area contributed by atoms with Crippen LogP contribution in [-0.2, 0) is 15.9 Å². The zero-order valence-corrected chi connectivity index (χ0v) is 15.3. The van der Waals surface area contributed by atoms with Crippen molar-refractivity contribution in [2.75, 3.05) is 5.01 Å². The van der Waals surface area contributed by atoms with Crippen molar-refractivity contribution in [3.05, 3.63) is 71.3 Å². The van der Waals surface area contributed by atoms with Crippen molar-refractivity contribution in [1.82, 2.24) is 14.9 Å². The minimum Gasteiger partial charge on any atom is -0.397 e. The molecule has 0 radical (unpaired) electrons. The summed E-state index contributed by atoms with van der Waals surface area (Å²) in [6.45, 7) is 0.455. The number of nitriles is 1. The summed E-state index contributed by atoms with van der Waals surface area (Å²) in [4.78, 5) is 3.97. The number of halogens is 1. The van der Waals surface area contributed by atoms with Gasteiger partial charge < -0.3 is 4.18 Å². The summed E-state index contributed by atoms with van der Waals surface area (Å²) in [6, 6.07) is 14.6. The zero-order valence-electron chi connectivity index (χ0n) is 13.7. The van der Waals surface area contributed by atoms with Gasteiger partial charge in [0, 0.05) is 0 Å². The van der Waals surface area contributed by atoms with Gasteiger partial charge in [-0.25, -0.2) is 4.68 Å². The van der Waals surface area contributed by atoms with Crippen LogP contribution in [0.25, 0.3) is 0 Å². The Bertz CT molecular complexity index is 917. The lowest BCUT2D eigenvalue weighted by Crippen LogP contribution is -2.27. The molecule has 0 fully saturated rings. The third-order valence-corrected chi connectivity index (χ3v) is 4.19. The molecular weight excluding hydrogens is 392 g/mol. The third-order valence-electron chi connectivity index (χ3n) is 3.50. The molecule has 3 rings (SSSR count). The van der Waals surface area contributed by atoms with Crippen molar-refractivity contribution in [3.63, 3.8) is 0 Å². The van der Waals surface area contributed by atoms with Gasteiger partial charge in [-0.1, -0.05) is 17.7 Å². The molecule has 9 nitrogen and oxygen atoms in total. The predicted molar refractivity (Wildman–Crippen MR) is 98.8 cm³/mol. The summed E-state index contributed by atoms with van der Waals surface area (Å²) in [5.74, 6) is 5.16. The van der Waals surface area contributed by atoms with E-state index in [-0.39, 0.29) is 0 Å². The Hall–Kier alpha value is -2.81. The van der Waals surface area contributed by atoms with Crippen LogP contribution in [0.3, 0.4) is 0 Å². The Kier molecular flexibility index (Phi) is 6.48. The zero-order chi connectivity index (χ0) is 19.1. The Balaban J connectivity index is 1.86. The van der Waals surface area contributed by atoms with Gasteiger partial charge in [-0.05, 0) is 42.0 Å². The molecule has 0 saturated heterocycles. The summed E-state index contributed by atoms with van der Waals surface area (Å²) < 4.78 is 11.4. The molecule has 1 heterocycles. The van der Waals surface area contributed by atoms with Gasteiger partial charge in [0.2, 0.25) is 0 Å². The highest BCUT2D eigenvalue weighted by Gasteiger charge is 2.12. The molecular formula is C16H13ClN6O3S. The van der Waals surface area contributed by atoms with E-state index < -0.39 is 0 Å². The molecule has 3 aromatic rings. The highest BCUT2D eigenvalue weighted by Crippen LogP contribution is 2.30. The number of rotatable bonds is 8. The van der Waals surface area contributed by atoms with Gasteiger partial charge in [0.1, 0.15) is 12.7 Å². The van der Waals surface area contributed by atoms with Gasteiger partial charge in [-0.2, -0.15) is 11.2 Å². The third kappa shape index (κ3) is 4.88. The fourth-order valence-corrected chi connectivity index (χ4v) is 2.76. The van der Waals surface area contributed by atoms with Crippen molar-refractivity contribution in [3.8, 4) is 11.8 Å². The van der Waals surface area contributed by atoms with E-state index in [4.69, 9.17) is 26.9 Å². The Labute approximate surface area is 164 Å². The van der Waals surface area contributed by atoms with E-state index in [9.17, 15) is 0 Å². The molecule has 0 bridgehead atoms. The summed E-state index contributed by atoms with van der Waals surface area (Å²) >= 11 is 6.67. The van der Waals surface area contributed by atoms with E-state index in [1.165, 1.54) is 0 Å². The fourth-order valence-electron chi connectivity index (χ4n) is 2.28. The van der Waals surface area contributed by atoms with Crippen LogP contribution < -0.4 is 15.1 Å². The molecule has 138 valence electrons. The van der Waals surface area contributed by atoms with Gasteiger partial charge in [-0.15, -0.1) is 19.5 Å². The van der Waals surface area contributed by atoms with Gasteiger partial charge >= 0.3 is 0 Å². The first-order chi connectivity index (χ1) is 13.2. The number of nitrogens with zero attached hydrogens (tertiary/aromatic N) is 5. The van der Waals surface area contributed by atoms with Crippen molar-refractivity contribution in [2.45, 2.75) is 6.54 Å². The van der Waals surface area contributed by atoms with Crippen LogP contribution in [-0.4, -0.2) is 14.9 Å². The molecule has 0 aliphatic rings. The smallest absolute Gasteiger partial charge is 0.260 e. The van der Waals surface area contributed by atoms with Gasteiger partial charge in [0.05, 0.1) is 28.9 Å². The van der Waals surface area contributed by atoms with Gasteiger partial charge in [0.15, 0.2) is 5.75 Å². The molecule has 27 heavy (non-hydrogen) atoms. The molecule has 0 aliphatic heterocycles. The molecule has 0 atom stereocenters. The normalized spacial score (nSPS) is 10.4. The summed E-state index contributed by atoms with van der Waals surface area (Å²) in [5.41, 5.74) is 2.31. The minimum absolute atomic E-state index is 0.389. The molecule has 1 aromatic heterocycles. The fraction of sp³-hybridized carbons (Fsp3) is 0.0625. The van der Waals surface area contributed by atoms with E-state index in [2.05, 4.69) is 25.6 Å². The first kappa shape index (κ1) is 19.0. The van der Waals surface area contributed by atoms with Crippen LogP contribution in [0.2, 0.25) is 5.02 Å². The van der Waals surface area contributed by atoms with E-state index in [1.807, 2.05) is 23.2 Å². The SMILES string of the molecule is N#Cc1ccc(N(Cc2ccc(Cl)c(OSOON)c2)n2cnnc2)cc1. The van der Waals surface area contributed by atoms with Crippen molar-refractivity contribution in [2.24, 2.45) is 5.90 Å². The van der Waals surface area contributed by atoms with Crippen molar-refractivity contribution in [1.29, 1.82) is 5.26 Å². The molecule has 11 heteroatoms. The second-order valence-electron chi connectivity index (χ2n) is 5.14. The molecule has 2 N–H and O–H groups in total. The number of nitrogens with two attached hydrogens (primary N) is 1. The van der Waals surface area contributed by atoms with E-state index in [0.29, 0.717) is 35.2 Å². The van der Waals surface area contributed by atoms with E-state index in [0.717, 1.165) is 11.3 Å². The number of hydrogen-bond donors (Lipinski definition) is 1. The van der Waals surface area contributed by atoms with Crippen molar-refractivity contribution >= 4 is 29.6 Å². The largest absolute Gasteiger partial charge is 0.397 e. The van der Waals surface area contributed by atoms with Crippen LogP contribution in [0.4, 0.5) is 5.69 Å². The Morgan fingerprint density at radius 1 is 1.19 bits per heavy atom. The van der Waals surface area contributed by atoms with Crippen LogP contribution in [0.1, 0.15) is 11.1 Å². The molecule has 0 unspecified atom stereocenters. The Morgan fingerprint density at radius 2 is 1.93 bits per heavy atom. The Morgan fingerprint density at radius 3 is 2.59 bits per heavy atom. The number of hydrogen-bond acceptors (Lipinski definition) is 9. The standard InChI is InChI=1S/C16H13ClN6O3S/c17-15-6-3-13(7-16(15)24-27-26-25-19)9-23(22-10-20-21-11-22)14-4-1-12(8-18)2-5-14/h1-7,10-11H,9,19H2. The van der Waals surface area contributed by atoms with Crippen LogP contribution in [0, 0.1) is 11.3 Å². The lowest BCUT2D eigenvalue weighted by Gasteiger charge is -2.25. The highest BCUT2D eigenvalue weighted by atomic mass is 35.5. The minimum atomic E-state index is 0.389. The summed E-state index contributed by atoms with van der Waals surface area (Å²) in [7, 11) is 0. The number of aromatic nitrogens is 3. The lowest BCUT2D eigenvalue weighted by atomic mass is 10.2. The number of benzene rings is 2. The van der Waals surface area contributed by atoms with E-state index >= 15 is 0 Å². The second-order valence-corrected chi connectivity index (χ2v) is 5.98. The second kappa shape index (κ2) is 9.22. The van der Waals surface area contributed by atoms with Gasteiger partial charge in [0.25, 0.3) is 12.3 Å². The lowest BCUT2D eigenvalue weighted by molar-refractivity contribution is -0.199. The van der Waals surface area contributed by atoms with E-state index in [1.54, 1.807) is 41.6 Å². The molecule has 0 saturated carbocycles. The maximum Gasteiger partial charge on any atom is 0.260 e. The topological polar surface area (TPSA) is 111 Å². The first-order valence-corrected chi connectivity index (χ1v) is 8.53. The summed E-state index contributed by atoms with van der Waals surface area (Å²) in [5, 5.41) is 19.0. The maximum absolute atomic E-state index is 8.99. The van der Waals surface area contributed by atoms with Crippen LogP contribution >= 0.6 is 23.9 Å². The monoisotopic (exact) mass is 404 g/mol. The molecule has 0 aliphatic carbocycles. The molecule has 0 spiro atoms. The summed E-state index contributed by atoms with van der Waals surface area (Å²) in [6.07, 6.45) is 3.15. The van der Waals surface area contributed by atoms with Crippen molar-refractivity contribution < 1.29 is 13.5 Å². The predicted octanol–water partition coefficient (Wildman–Crippen LogP) is 3.04. The highest BCUT2D eigenvalue weighted by molar-refractivity contribution is 7.90. The quantitative estimate of drug-likeness (QED) is 0.262. The van der Waals surface area contributed by atoms with Crippen LogP contribution in [0.5, 0.6) is 5.75 Å². The molecule has 2 aromatic carbocycles. The molecule has 0 amide bonds. The van der Waals surface area contributed by atoms with Gasteiger partial charge in [-0.3, -0.25) is 5.01 Å². The average Bonchev–Trinajstić information content (AvgIpc) is 3.23.